The van der Waals surface area contributed by atoms with Gasteiger partial charge in [-0.2, -0.15) is 5.10 Å². The third-order valence-electron chi connectivity index (χ3n) is 3.95. The number of amides is 1. The largest absolute Gasteiger partial charge is 0.301 e. The van der Waals surface area contributed by atoms with E-state index in [2.05, 4.69) is 20.6 Å². The topological polar surface area (TPSA) is 72.7 Å². The highest BCUT2D eigenvalue weighted by molar-refractivity contribution is 7.18. The van der Waals surface area contributed by atoms with E-state index in [-0.39, 0.29) is 5.91 Å². The van der Waals surface area contributed by atoms with Crippen molar-refractivity contribution in [3.05, 3.63) is 47.3 Å². The Bertz CT molecular complexity index is 853. The summed E-state index contributed by atoms with van der Waals surface area (Å²) in [5.41, 5.74) is 4.21. The van der Waals surface area contributed by atoms with Gasteiger partial charge in [0.2, 0.25) is 11.0 Å². The van der Waals surface area contributed by atoms with Crippen LogP contribution in [-0.2, 0) is 18.3 Å². The first-order chi connectivity index (χ1) is 11.5. The molecule has 1 aromatic carbocycles. The first-order valence-corrected chi connectivity index (χ1v) is 8.54. The van der Waals surface area contributed by atoms with E-state index < -0.39 is 0 Å². The van der Waals surface area contributed by atoms with Crippen molar-refractivity contribution in [2.75, 3.05) is 5.32 Å². The molecule has 124 valence electrons. The maximum atomic E-state index is 12.2. The molecule has 0 atom stereocenters. The molecule has 0 radical (unpaired) electrons. The van der Waals surface area contributed by atoms with Crippen molar-refractivity contribution in [1.29, 1.82) is 0 Å². The third-order valence-corrected chi connectivity index (χ3v) is 4.84. The second-order valence-corrected chi connectivity index (χ2v) is 6.58. The molecular formula is C17H19N5OS. The molecule has 0 bridgehead atoms. The number of anilines is 1. The summed E-state index contributed by atoms with van der Waals surface area (Å²) in [5, 5.41) is 16.7. The minimum Gasteiger partial charge on any atom is -0.301 e. The van der Waals surface area contributed by atoms with Crippen molar-refractivity contribution in [2.24, 2.45) is 7.05 Å². The minimum atomic E-state index is -0.0617. The molecule has 0 aliphatic rings. The minimum absolute atomic E-state index is 0.0617. The van der Waals surface area contributed by atoms with Crippen LogP contribution in [0, 0.1) is 13.8 Å². The second-order valence-electron chi connectivity index (χ2n) is 5.60. The van der Waals surface area contributed by atoms with Crippen LogP contribution in [0.4, 0.5) is 5.13 Å². The van der Waals surface area contributed by atoms with Gasteiger partial charge in [0.25, 0.3) is 0 Å². The smallest absolute Gasteiger partial charge is 0.226 e. The Morgan fingerprint density at radius 1 is 1.21 bits per heavy atom. The number of rotatable bonds is 5. The highest BCUT2D eigenvalue weighted by Crippen LogP contribution is 2.26. The van der Waals surface area contributed by atoms with Gasteiger partial charge in [0.15, 0.2) is 0 Å². The molecule has 7 heteroatoms. The normalized spacial score (nSPS) is 10.8. The summed E-state index contributed by atoms with van der Waals surface area (Å²) >= 11 is 1.38. The predicted octanol–water partition coefficient (Wildman–Crippen LogP) is 3.13. The zero-order valence-corrected chi connectivity index (χ0v) is 14.7. The molecule has 0 unspecified atom stereocenters. The predicted molar refractivity (Wildman–Crippen MR) is 95.0 cm³/mol. The number of benzene rings is 1. The van der Waals surface area contributed by atoms with Gasteiger partial charge in [-0.05, 0) is 25.8 Å². The average Bonchev–Trinajstić information content (AvgIpc) is 3.12. The van der Waals surface area contributed by atoms with Crippen LogP contribution in [0.25, 0.3) is 10.6 Å². The highest BCUT2D eigenvalue weighted by atomic mass is 32.1. The van der Waals surface area contributed by atoms with Crippen LogP contribution < -0.4 is 5.32 Å². The van der Waals surface area contributed by atoms with Gasteiger partial charge in [-0.3, -0.25) is 9.48 Å². The molecule has 3 rings (SSSR count). The lowest BCUT2D eigenvalue weighted by molar-refractivity contribution is -0.116. The second kappa shape index (κ2) is 6.92. The van der Waals surface area contributed by atoms with Crippen molar-refractivity contribution in [3.63, 3.8) is 0 Å². The quantitative estimate of drug-likeness (QED) is 0.774. The summed E-state index contributed by atoms with van der Waals surface area (Å²) in [6, 6.07) is 9.80. The van der Waals surface area contributed by atoms with E-state index in [1.54, 1.807) is 0 Å². The number of nitrogens with one attached hydrogen (secondary N) is 1. The lowest BCUT2D eigenvalue weighted by Crippen LogP contribution is -2.12. The first kappa shape index (κ1) is 16.3. The summed E-state index contributed by atoms with van der Waals surface area (Å²) in [4.78, 5) is 12.2. The number of carbonyl (C=O) groups excluding carboxylic acids is 1. The Labute approximate surface area is 144 Å². The van der Waals surface area contributed by atoms with Crippen molar-refractivity contribution >= 4 is 22.4 Å². The third kappa shape index (κ3) is 3.51. The van der Waals surface area contributed by atoms with E-state index in [4.69, 9.17) is 0 Å². The van der Waals surface area contributed by atoms with Crippen molar-refractivity contribution in [2.45, 2.75) is 26.7 Å². The molecule has 2 heterocycles. The molecule has 3 aromatic rings. The van der Waals surface area contributed by atoms with Crippen LogP contribution in [0.1, 0.15) is 23.4 Å². The molecule has 0 fully saturated rings. The maximum absolute atomic E-state index is 12.2. The number of aromatic nitrogens is 4. The lowest BCUT2D eigenvalue weighted by atomic mass is 10.1. The van der Waals surface area contributed by atoms with E-state index in [1.165, 1.54) is 11.3 Å². The number of hydrogen-bond acceptors (Lipinski definition) is 5. The molecule has 1 N–H and O–H groups in total. The van der Waals surface area contributed by atoms with E-state index in [0.29, 0.717) is 18.0 Å². The highest BCUT2D eigenvalue weighted by Gasteiger charge is 2.13. The van der Waals surface area contributed by atoms with Crippen LogP contribution >= 0.6 is 11.3 Å². The van der Waals surface area contributed by atoms with Gasteiger partial charge in [0.05, 0.1) is 5.69 Å². The SMILES string of the molecule is Cc1nn(C)c(C)c1CCC(=O)Nc1nnc(-c2ccccc2)s1. The summed E-state index contributed by atoms with van der Waals surface area (Å²) in [7, 11) is 1.91. The first-order valence-electron chi connectivity index (χ1n) is 7.72. The Balaban J connectivity index is 1.60. The maximum Gasteiger partial charge on any atom is 0.226 e. The Morgan fingerprint density at radius 3 is 2.62 bits per heavy atom. The van der Waals surface area contributed by atoms with E-state index >= 15 is 0 Å². The fraction of sp³-hybridized carbons (Fsp3) is 0.294. The van der Waals surface area contributed by atoms with Gasteiger partial charge in [-0.15, -0.1) is 10.2 Å². The van der Waals surface area contributed by atoms with E-state index in [1.807, 2.05) is 55.9 Å². The zero-order chi connectivity index (χ0) is 17.1. The molecule has 0 spiro atoms. The molecule has 0 aliphatic heterocycles. The molecular weight excluding hydrogens is 322 g/mol. The molecule has 2 aromatic heterocycles. The zero-order valence-electron chi connectivity index (χ0n) is 13.9. The van der Waals surface area contributed by atoms with Gasteiger partial charge in [-0.1, -0.05) is 41.7 Å². The fourth-order valence-corrected chi connectivity index (χ4v) is 3.34. The van der Waals surface area contributed by atoms with E-state index in [9.17, 15) is 4.79 Å². The number of aryl methyl sites for hydroxylation is 2. The molecule has 1 amide bonds. The van der Waals surface area contributed by atoms with E-state index in [0.717, 1.165) is 27.5 Å². The Kier molecular flexibility index (Phi) is 4.71. The van der Waals surface area contributed by atoms with Crippen molar-refractivity contribution in [1.82, 2.24) is 20.0 Å². The number of hydrogen-bond donors (Lipinski definition) is 1. The van der Waals surface area contributed by atoms with Gasteiger partial charge < -0.3 is 5.32 Å². The summed E-state index contributed by atoms with van der Waals surface area (Å²) in [5.74, 6) is -0.0617. The standard InChI is InChI=1S/C17H19N5OS/c1-11-14(12(2)22(3)21-11)9-10-15(23)18-17-20-19-16(24-17)13-7-5-4-6-8-13/h4-8H,9-10H2,1-3H3,(H,18,20,23). The molecule has 0 saturated carbocycles. The van der Waals surface area contributed by atoms with Crippen LogP contribution in [0.5, 0.6) is 0 Å². The van der Waals surface area contributed by atoms with Gasteiger partial charge >= 0.3 is 0 Å². The van der Waals surface area contributed by atoms with Gasteiger partial charge in [-0.25, -0.2) is 0 Å². The lowest BCUT2D eigenvalue weighted by Gasteiger charge is -2.02. The molecule has 6 nitrogen and oxygen atoms in total. The van der Waals surface area contributed by atoms with Crippen LogP contribution in [0.2, 0.25) is 0 Å². The van der Waals surface area contributed by atoms with Gasteiger partial charge in [0.1, 0.15) is 5.01 Å². The molecule has 0 aliphatic carbocycles. The Morgan fingerprint density at radius 2 is 1.96 bits per heavy atom. The summed E-state index contributed by atoms with van der Waals surface area (Å²) in [6.45, 7) is 3.99. The molecule has 24 heavy (non-hydrogen) atoms. The van der Waals surface area contributed by atoms with Crippen LogP contribution in [-0.4, -0.2) is 25.9 Å². The van der Waals surface area contributed by atoms with Crippen molar-refractivity contribution < 1.29 is 4.79 Å². The van der Waals surface area contributed by atoms with Gasteiger partial charge in [0, 0.05) is 24.7 Å². The Hall–Kier alpha value is -2.54. The summed E-state index contributed by atoms with van der Waals surface area (Å²) in [6.07, 6.45) is 1.06. The average molecular weight is 341 g/mol. The van der Waals surface area contributed by atoms with Crippen LogP contribution in [0.3, 0.4) is 0 Å². The molecule has 0 saturated heterocycles. The number of carbonyl (C=O) groups is 1. The number of nitrogens with zero attached hydrogens (tertiary/aromatic N) is 4. The van der Waals surface area contributed by atoms with Crippen LogP contribution in [0.15, 0.2) is 30.3 Å². The summed E-state index contributed by atoms with van der Waals surface area (Å²) < 4.78 is 1.85. The van der Waals surface area contributed by atoms with Crippen molar-refractivity contribution in [3.8, 4) is 10.6 Å². The fourth-order valence-electron chi connectivity index (χ4n) is 2.57. The monoisotopic (exact) mass is 341 g/mol.